The van der Waals surface area contributed by atoms with Gasteiger partial charge in [-0.05, 0) is 47.7 Å². The van der Waals surface area contributed by atoms with Gasteiger partial charge in [0, 0.05) is 16.7 Å². The van der Waals surface area contributed by atoms with E-state index in [4.69, 9.17) is 5.73 Å². The zero-order valence-corrected chi connectivity index (χ0v) is 10.6. The first-order chi connectivity index (χ1) is 7.66. The molecule has 0 amide bonds. The van der Waals surface area contributed by atoms with Crippen LogP contribution in [0.3, 0.4) is 0 Å². The third-order valence-corrected chi connectivity index (χ3v) is 3.67. The number of nitrogens with two attached hydrogens (primary N) is 1. The summed E-state index contributed by atoms with van der Waals surface area (Å²) in [6.45, 7) is 2.19. The number of hydrogen-bond acceptors (Lipinski definition) is 3. The van der Waals surface area contributed by atoms with Crippen molar-refractivity contribution < 1.29 is 0 Å². The van der Waals surface area contributed by atoms with Gasteiger partial charge in [-0.2, -0.15) is 0 Å². The monoisotopic (exact) mass is 280 g/mol. The number of rotatable bonds is 2. The van der Waals surface area contributed by atoms with Crippen LogP contribution in [0.1, 0.15) is 25.8 Å². The molecule has 1 fully saturated rings. The zero-order valence-electron chi connectivity index (χ0n) is 9.02. The lowest BCUT2D eigenvalue weighted by Crippen LogP contribution is -2.11. The number of nitrogens with zero attached hydrogens (tertiary/aromatic N) is 3. The topological polar surface area (TPSA) is 56.7 Å². The van der Waals surface area contributed by atoms with E-state index in [1.54, 1.807) is 6.20 Å². The number of imidazole rings is 1. The normalized spacial score (nSPS) is 17.9. The lowest BCUT2D eigenvalue weighted by atomic mass is 10.2. The average Bonchev–Trinajstić information content (AvgIpc) is 3.01. The summed E-state index contributed by atoms with van der Waals surface area (Å²) in [7, 11) is 0. The molecule has 0 aliphatic heterocycles. The van der Waals surface area contributed by atoms with Gasteiger partial charge in [0.05, 0.1) is 0 Å². The molecule has 84 valence electrons. The van der Waals surface area contributed by atoms with Crippen LogP contribution in [0.15, 0.2) is 16.7 Å². The van der Waals surface area contributed by atoms with Crippen molar-refractivity contribution in [3.05, 3.63) is 16.7 Å². The number of halogens is 1. The Labute approximate surface area is 102 Å². The first kappa shape index (κ1) is 10.1. The second-order valence-electron chi connectivity index (χ2n) is 4.41. The molecule has 0 spiro atoms. The van der Waals surface area contributed by atoms with Crippen LogP contribution in [0.5, 0.6) is 0 Å². The van der Waals surface area contributed by atoms with Crippen molar-refractivity contribution >= 4 is 33.0 Å². The Bertz CT molecular complexity index is 544. The van der Waals surface area contributed by atoms with Gasteiger partial charge in [0.15, 0.2) is 5.65 Å². The van der Waals surface area contributed by atoms with Gasteiger partial charge >= 0.3 is 0 Å². The SMILES string of the molecule is CC(C1CC1)n1c(N)nc2cc(Br)cnc21. The number of nitrogen functional groups attached to an aromatic ring is 1. The highest BCUT2D eigenvalue weighted by Crippen LogP contribution is 2.41. The van der Waals surface area contributed by atoms with Crippen molar-refractivity contribution in [2.75, 3.05) is 5.73 Å². The molecule has 1 atom stereocenters. The third kappa shape index (κ3) is 1.50. The zero-order chi connectivity index (χ0) is 11.3. The lowest BCUT2D eigenvalue weighted by molar-refractivity contribution is 0.501. The Hall–Kier alpha value is -1.10. The van der Waals surface area contributed by atoms with Gasteiger partial charge in [0.1, 0.15) is 5.52 Å². The second kappa shape index (κ2) is 3.45. The van der Waals surface area contributed by atoms with E-state index in [2.05, 4.69) is 37.4 Å². The van der Waals surface area contributed by atoms with Crippen molar-refractivity contribution in [2.24, 2.45) is 5.92 Å². The molecule has 4 nitrogen and oxygen atoms in total. The van der Waals surface area contributed by atoms with Crippen LogP contribution in [0.25, 0.3) is 11.2 Å². The molecule has 3 rings (SSSR count). The second-order valence-corrected chi connectivity index (χ2v) is 5.33. The summed E-state index contributed by atoms with van der Waals surface area (Å²) in [5.41, 5.74) is 7.72. The van der Waals surface area contributed by atoms with Gasteiger partial charge in [0.2, 0.25) is 5.95 Å². The number of anilines is 1. The fourth-order valence-corrected chi connectivity index (χ4v) is 2.49. The van der Waals surface area contributed by atoms with E-state index < -0.39 is 0 Å². The van der Waals surface area contributed by atoms with Crippen LogP contribution in [0.4, 0.5) is 5.95 Å². The van der Waals surface area contributed by atoms with E-state index in [-0.39, 0.29) is 0 Å². The molecule has 1 aliphatic carbocycles. The van der Waals surface area contributed by atoms with Gasteiger partial charge in [-0.3, -0.25) is 4.57 Å². The molecule has 0 radical (unpaired) electrons. The summed E-state index contributed by atoms with van der Waals surface area (Å²) < 4.78 is 2.99. The minimum absolute atomic E-state index is 0.402. The van der Waals surface area contributed by atoms with E-state index in [1.807, 2.05) is 6.07 Å². The van der Waals surface area contributed by atoms with Gasteiger partial charge in [-0.15, -0.1) is 0 Å². The molecular formula is C11H13BrN4. The number of hydrogen-bond donors (Lipinski definition) is 1. The molecule has 16 heavy (non-hydrogen) atoms. The van der Waals surface area contributed by atoms with Gasteiger partial charge in [0.25, 0.3) is 0 Å². The van der Waals surface area contributed by atoms with Crippen LogP contribution in [0, 0.1) is 5.92 Å². The van der Waals surface area contributed by atoms with Crippen LogP contribution in [-0.4, -0.2) is 14.5 Å². The molecule has 0 aromatic carbocycles. The van der Waals surface area contributed by atoms with Crippen molar-refractivity contribution in [3.8, 4) is 0 Å². The smallest absolute Gasteiger partial charge is 0.202 e. The Morgan fingerprint density at radius 2 is 2.31 bits per heavy atom. The van der Waals surface area contributed by atoms with Crippen LogP contribution in [-0.2, 0) is 0 Å². The summed E-state index contributed by atoms with van der Waals surface area (Å²) >= 11 is 3.39. The molecule has 5 heteroatoms. The molecule has 2 heterocycles. The average molecular weight is 281 g/mol. The van der Waals surface area contributed by atoms with Crippen molar-refractivity contribution in [1.29, 1.82) is 0 Å². The minimum Gasteiger partial charge on any atom is -0.369 e. The fraction of sp³-hybridized carbons (Fsp3) is 0.455. The Morgan fingerprint density at radius 3 is 3.00 bits per heavy atom. The molecule has 2 N–H and O–H groups in total. The van der Waals surface area contributed by atoms with E-state index in [9.17, 15) is 0 Å². The first-order valence-corrected chi connectivity index (χ1v) is 6.25. The molecule has 1 saturated carbocycles. The van der Waals surface area contributed by atoms with Crippen LogP contribution in [0.2, 0.25) is 0 Å². The predicted molar refractivity (Wildman–Crippen MR) is 67.1 cm³/mol. The Kier molecular flexibility index (Phi) is 2.17. The number of aromatic nitrogens is 3. The molecular weight excluding hydrogens is 268 g/mol. The van der Waals surface area contributed by atoms with Gasteiger partial charge in [-0.1, -0.05) is 0 Å². The highest BCUT2D eigenvalue weighted by molar-refractivity contribution is 9.10. The number of fused-ring (bicyclic) bond motifs is 1. The summed E-state index contributed by atoms with van der Waals surface area (Å²) in [6, 6.07) is 2.35. The molecule has 0 saturated heterocycles. The van der Waals surface area contributed by atoms with Crippen molar-refractivity contribution in [2.45, 2.75) is 25.8 Å². The molecule has 1 aliphatic rings. The Morgan fingerprint density at radius 1 is 1.56 bits per heavy atom. The highest BCUT2D eigenvalue weighted by atomic mass is 79.9. The molecule has 0 bridgehead atoms. The van der Waals surface area contributed by atoms with E-state index >= 15 is 0 Å². The maximum Gasteiger partial charge on any atom is 0.202 e. The Balaban J connectivity index is 2.18. The van der Waals surface area contributed by atoms with Gasteiger partial charge in [-0.25, -0.2) is 9.97 Å². The van der Waals surface area contributed by atoms with Crippen molar-refractivity contribution in [3.63, 3.8) is 0 Å². The van der Waals surface area contributed by atoms with Crippen LogP contribution >= 0.6 is 15.9 Å². The maximum atomic E-state index is 5.97. The van der Waals surface area contributed by atoms with Gasteiger partial charge < -0.3 is 5.73 Å². The van der Waals surface area contributed by atoms with E-state index in [0.717, 1.165) is 21.6 Å². The summed E-state index contributed by atoms with van der Waals surface area (Å²) in [5, 5.41) is 0. The summed E-state index contributed by atoms with van der Waals surface area (Å²) in [6.07, 6.45) is 4.37. The lowest BCUT2D eigenvalue weighted by Gasteiger charge is -2.14. The number of pyridine rings is 1. The predicted octanol–water partition coefficient (Wildman–Crippen LogP) is 2.75. The van der Waals surface area contributed by atoms with E-state index in [0.29, 0.717) is 12.0 Å². The minimum atomic E-state index is 0.402. The maximum absolute atomic E-state index is 5.97. The third-order valence-electron chi connectivity index (χ3n) is 3.24. The largest absolute Gasteiger partial charge is 0.369 e. The fourth-order valence-electron chi connectivity index (χ4n) is 2.17. The standard InChI is InChI=1S/C11H13BrN4/c1-6(7-2-3-7)16-10-9(15-11(16)13)4-8(12)5-14-10/h4-7H,2-3H2,1H3,(H2,13,15). The quantitative estimate of drug-likeness (QED) is 0.920. The van der Waals surface area contributed by atoms with E-state index in [1.165, 1.54) is 12.8 Å². The molecule has 1 unspecified atom stereocenters. The van der Waals surface area contributed by atoms with Crippen molar-refractivity contribution in [1.82, 2.24) is 14.5 Å². The molecule has 2 aromatic heterocycles. The first-order valence-electron chi connectivity index (χ1n) is 5.46. The molecule has 2 aromatic rings. The highest BCUT2D eigenvalue weighted by Gasteiger charge is 2.31. The van der Waals surface area contributed by atoms with Crippen LogP contribution < -0.4 is 5.73 Å². The summed E-state index contributed by atoms with van der Waals surface area (Å²) in [5.74, 6) is 1.31. The summed E-state index contributed by atoms with van der Waals surface area (Å²) in [4.78, 5) is 8.76.